The van der Waals surface area contributed by atoms with Crippen molar-refractivity contribution in [3.63, 3.8) is 0 Å². The van der Waals surface area contributed by atoms with Gasteiger partial charge in [-0.3, -0.25) is 4.79 Å². The van der Waals surface area contributed by atoms with Crippen LogP contribution in [0.2, 0.25) is 0 Å². The van der Waals surface area contributed by atoms with Crippen LogP contribution in [-0.2, 0) is 19.3 Å². The Hall–Kier alpha value is -0.910. The fraction of sp³-hybridized carbons (Fsp3) is 0.812. The maximum absolute atomic E-state index is 12.0. The number of aliphatic hydroxyl groups excluding tert-OH is 1. The topological polar surface area (TPSA) is 65.0 Å². The highest BCUT2D eigenvalue weighted by Gasteiger charge is 2.35. The molecule has 5 heteroatoms. The molecule has 1 rings (SSSR count). The van der Waals surface area contributed by atoms with Crippen molar-refractivity contribution in [1.82, 2.24) is 0 Å². The van der Waals surface area contributed by atoms with Crippen LogP contribution in [-0.4, -0.2) is 36.5 Å². The van der Waals surface area contributed by atoms with Gasteiger partial charge in [-0.2, -0.15) is 0 Å². The van der Waals surface area contributed by atoms with Gasteiger partial charge in [-0.1, -0.05) is 13.0 Å². The zero-order valence-corrected chi connectivity index (χ0v) is 13.3. The van der Waals surface area contributed by atoms with Gasteiger partial charge >= 0.3 is 5.97 Å². The Bertz CT molecular complexity index is 340. The lowest BCUT2D eigenvalue weighted by atomic mass is 9.85. The van der Waals surface area contributed by atoms with Crippen LogP contribution < -0.4 is 0 Å². The fourth-order valence-electron chi connectivity index (χ4n) is 2.17. The predicted molar refractivity (Wildman–Crippen MR) is 79.4 cm³/mol. The minimum absolute atomic E-state index is 0.221. The maximum Gasteiger partial charge on any atom is 0.311 e. The molecule has 0 spiro atoms. The van der Waals surface area contributed by atoms with Crippen LogP contribution >= 0.6 is 0 Å². The van der Waals surface area contributed by atoms with Crippen molar-refractivity contribution in [1.29, 1.82) is 0 Å². The van der Waals surface area contributed by atoms with E-state index in [-0.39, 0.29) is 11.9 Å². The lowest BCUT2D eigenvalue weighted by Crippen LogP contribution is -2.41. The van der Waals surface area contributed by atoms with Crippen LogP contribution in [0.5, 0.6) is 0 Å². The van der Waals surface area contributed by atoms with Gasteiger partial charge in [0.25, 0.3) is 0 Å². The molecule has 0 radical (unpaired) electrons. The summed E-state index contributed by atoms with van der Waals surface area (Å²) in [6.45, 7) is 9.99. The number of carbonyl (C=O) groups excluding carboxylic acids is 1. The van der Waals surface area contributed by atoms with Gasteiger partial charge in [0.15, 0.2) is 0 Å². The van der Waals surface area contributed by atoms with E-state index in [0.717, 1.165) is 6.42 Å². The summed E-state index contributed by atoms with van der Waals surface area (Å²) in [5.74, 6) is -0.0166. The third kappa shape index (κ3) is 5.77. The van der Waals surface area contributed by atoms with Crippen LogP contribution in [0.3, 0.4) is 0 Å². The van der Waals surface area contributed by atoms with Gasteiger partial charge in [0.2, 0.25) is 0 Å². The molecular weight excluding hydrogens is 272 g/mol. The van der Waals surface area contributed by atoms with Crippen LogP contribution in [0.1, 0.15) is 46.5 Å². The average molecular weight is 300 g/mol. The van der Waals surface area contributed by atoms with E-state index >= 15 is 0 Å². The predicted octanol–water partition coefficient (Wildman–Crippen LogP) is 2.63. The first-order valence-electron chi connectivity index (χ1n) is 7.65. The minimum Gasteiger partial charge on any atom is -0.459 e. The zero-order valence-electron chi connectivity index (χ0n) is 13.3. The van der Waals surface area contributed by atoms with Gasteiger partial charge in [0, 0.05) is 0 Å². The van der Waals surface area contributed by atoms with Crippen molar-refractivity contribution in [3.8, 4) is 0 Å². The highest BCUT2D eigenvalue weighted by atomic mass is 17.2. The second kappa shape index (κ2) is 8.51. The molecule has 0 aromatic heterocycles. The molecule has 1 saturated carbocycles. The Morgan fingerprint density at radius 1 is 1.38 bits per heavy atom. The average Bonchev–Trinajstić information content (AvgIpc) is 2.46. The molecule has 1 aliphatic carbocycles. The van der Waals surface area contributed by atoms with Crippen LogP contribution in [0.25, 0.3) is 0 Å². The van der Waals surface area contributed by atoms with Gasteiger partial charge in [-0.05, 0) is 45.4 Å². The molecule has 0 aromatic carbocycles. The Balaban J connectivity index is 2.35. The maximum atomic E-state index is 12.0. The Morgan fingerprint density at radius 2 is 2.10 bits per heavy atom. The van der Waals surface area contributed by atoms with Gasteiger partial charge < -0.3 is 9.84 Å². The summed E-state index contributed by atoms with van der Waals surface area (Å²) >= 11 is 0. The molecular formula is C16H28O5. The lowest BCUT2D eigenvalue weighted by Gasteiger charge is -2.34. The Morgan fingerprint density at radius 3 is 2.67 bits per heavy atom. The van der Waals surface area contributed by atoms with E-state index in [1.54, 1.807) is 6.08 Å². The molecule has 1 N–H and O–H groups in total. The molecule has 1 fully saturated rings. The molecule has 0 saturated heterocycles. The van der Waals surface area contributed by atoms with Gasteiger partial charge in [-0.15, -0.1) is 6.58 Å². The number of hydrogen-bond acceptors (Lipinski definition) is 5. The number of carbonyl (C=O) groups is 1. The highest BCUT2D eigenvalue weighted by molar-refractivity contribution is 5.76. The molecule has 122 valence electrons. The van der Waals surface area contributed by atoms with E-state index in [2.05, 4.69) is 6.58 Å². The van der Waals surface area contributed by atoms with E-state index < -0.39 is 17.6 Å². The van der Waals surface area contributed by atoms with Gasteiger partial charge in [0.1, 0.15) is 12.7 Å². The van der Waals surface area contributed by atoms with E-state index in [1.165, 1.54) is 0 Å². The highest BCUT2D eigenvalue weighted by Crippen LogP contribution is 2.30. The third-order valence-electron chi connectivity index (χ3n) is 4.13. The first-order chi connectivity index (χ1) is 9.90. The van der Waals surface area contributed by atoms with Crippen molar-refractivity contribution < 1.29 is 24.4 Å². The zero-order chi connectivity index (χ0) is 15.9. The number of esters is 1. The summed E-state index contributed by atoms with van der Waals surface area (Å²) in [6.07, 6.45) is 3.34. The van der Waals surface area contributed by atoms with E-state index in [1.807, 2.05) is 20.8 Å². The summed E-state index contributed by atoms with van der Waals surface area (Å²) in [4.78, 5) is 22.0. The molecule has 0 heterocycles. The summed E-state index contributed by atoms with van der Waals surface area (Å²) in [6, 6.07) is 0. The standard InChI is InChI=1S/C16H28O5/c1-5-9-19-20-11-12-7-8-14(13(17)10-12)21-15(18)16(3,4)6-2/h5,12-14,17H,1,6-11H2,2-4H3. The molecule has 21 heavy (non-hydrogen) atoms. The normalized spacial score (nSPS) is 26.4. The van der Waals surface area contributed by atoms with Crippen LogP contribution in [0, 0.1) is 11.3 Å². The number of rotatable bonds is 8. The first kappa shape index (κ1) is 18.1. The first-order valence-corrected chi connectivity index (χ1v) is 7.65. The molecule has 0 bridgehead atoms. The largest absolute Gasteiger partial charge is 0.459 e. The minimum atomic E-state index is -0.636. The van der Waals surface area contributed by atoms with Gasteiger partial charge in [-0.25, -0.2) is 9.78 Å². The summed E-state index contributed by atoms with van der Waals surface area (Å²) in [5.41, 5.74) is -0.502. The SMILES string of the molecule is C=CCOOCC1CCC(OC(=O)C(C)(C)CC)C(O)C1. The van der Waals surface area contributed by atoms with Crippen molar-refractivity contribution in [2.75, 3.05) is 13.2 Å². The number of hydrogen-bond donors (Lipinski definition) is 1. The van der Waals surface area contributed by atoms with Crippen molar-refractivity contribution in [2.24, 2.45) is 11.3 Å². The molecule has 5 nitrogen and oxygen atoms in total. The number of aliphatic hydroxyl groups is 1. The second-order valence-corrected chi connectivity index (χ2v) is 6.29. The molecule has 3 atom stereocenters. The van der Waals surface area contributed by atoms with Crippen molar-refractivity contribution >= 4 is 5.97 Å². The molecule has 0 amide bonds. The van der Waals surface area contributed by atoms with Crippen molar-refractivity contribution in [3.05, 3.63) is 12.7 Å². The van der Waals surface area contributed by atoms with E-state index in [9.17, 15) is 9.90 Å². The Kier molecular flexibility index (Phi) is 7.35. The Labute approximate surface area is 127 Å². The third-order valence-corrected chi connectivity index (χ3v) is 4.13. The fourth-order valence-corrected chi connectivity index (χ4v) is 2.17. The number of ether oxygens (including phenoxy) is 1. The smallest absolute Gasteiger partial charge is 0.311 e. The quantitative estimate of drug-likeness (QED) is 0.245. The van der Waals surface area contributed by atoms with Crippen LogP contribution in [0.4, 0.5) is 0 Å². The van der Waals surface area contributed by atoms with Crippen LogP contribution in [0.15, 0.2) is 12.7 Å². The lowest BCUT2D eigenvalue weighted by molar-refractivity contribution is -0.296. The second-order valence-electron chi connectivity index (χ2n) is 6.29. The summed E-state index contributed by atoms with van der Waals surface area (Å²) < 4.78 is 5.48. The monoisotopic (exact) mass is 300 g/mol. The summed E-state index contributed by atoms with van der Waals surface area (Å²) in [5, 5.41) is 10.1. The van der Waals surface area contributed by atoms with E-state index in [0.29, 0.717) is 32.5 Å². The van der Waals surface area contributed by atoms with E-state index in [4.69, 9.17) is 14.5 Å². The summed E-state index contributed by atoms with van der Waals surface area (Å²) in [7, 11) is 0. The molecule has 0 aliphatic heterocycles. The van der Waals surface area contributed by atoms with Gasteiger partial charge in [0.05, 0.1) is 18.1 Å². The molecule has 1 aliphatic rings. The molecule has 3 unspecified atom stereocenters. The molecule has 0 aromatic rings. The van der Waals surface area contributed by atoms with Crippen molar-refractivity contribution in [2.45, 2.75) is 58.7 Å².